The fourth-order valence-electron chi connectivity index (χ4n) is 3.73. The summed E-state index contributed by atoms with van der Waals surface area (Å²) in [7, 11) is 1.97. The first kappa shape index (κ1) is 19.1. The lowest BCUT2D eigenvalue weighted by molar-refractivity contribution is 0.0560. The van der Waals surface area contributed by atoms with E-state index >= 15 is 0 Å². The Kier molecular flexibility index (Phi) is 5.80. The maximum Gasteiger partial charge on any atom is 0.138 e. The number of anilines is 1. The van der Waals surface area contributed by atoms with Crippen molar-refractivity contribution in [1.82, 2.24) is 14.9 Å². The number of aliphatic hydroxyl groups is 1. The number of nitrogens with zero attached hydrogens (tertiary/aromatic N) is 4. The van der Waals surface area contributed by atoms with E-state index in [1.54, 1.807) is 0 Å². The molecule has 0 bridgehead atoms. The molecule has 3 rings (SSSR count). The van der Waals surface area contributed by atoms with Crippen molar-refractivity contribution in [3.8, 4) is 0 Å². The Morgan fingerprint density at radius 1 is 1.27 bits per heavy atom. The summed E-state index contributed by atoms with van der Waals surface area (Å²) < 4.78 is 0. The topological polar surface area (TPSA) is 52.5 Å². The van der Waals surface area contributed by atoms with Crippen LogP contribution in [-0.4, -0.2) is 52.3 Å². The number of hydrogen-bond donors (Lipinski definition) is 1. The molecule has 1 aromatic heterocycles. The van der Waals surface area contributed by atoms with E-state index in [4.69, 9.17) is 11.6 Å². The van der Waals surface area contributed by atoms with Gasteiger partial charge in [-0.25, -0.2) is 9.97 Å². The van der Waals surface area contributed by atoms with Gasteiger partial charge in [0.1, 0.15) is 16.8 Å². The van der Waals surface area contributed by atoms with E-state index in [9.17, 15) is 5.11 Å². The third kappa shape index (κ3) is 4.34. The molecule has 0 aliphatic carbocycles. The third-order valence-corrected chi connectivity index (χ3v) is 5.27. The Labute approximate surface area is 160 Å². The van der Waals surface area contributed by atoms with Crippen LogP contribution in [0.4, 0.5) is 5.82 Å². The number of halogens is 1. The van der Waals surface area contributed by atoms with Crippen LogP contribution in [0.5, 0.6) is 0 Å². The summed E-state index contributed by atoms with van der Waals surface area (Å²) in [4.78, 5) is 13.1. The zero-order valence-electron chi connectivity index (χ0n) is 15.7. The van der Waals surface area contributed by atoms with E-state index < -0.39 is 5.60 Å². The lowest BCUT2D eigenvalue weighted by Crippen LogP contribution is -2.44. The Hall–Kier alpha value is -1.69. The van der Waals surface area contributed by atoms with Crippen molar-refractivity contribution in [3.63, 3.8) is 0 Å². The highest BCUT2D eigenvalue weighted by molar-refractivity contribution is 6.30. The molecule has 1 atom stereocenters. The fourth-order valence-corrected chi connectivity index (χ4v) is 4.07. The highest BCUT2D eigenvalue weighted by atomic mass is 35.5. The van der Waals surface area contributed by atoms with Gasteiger partial charge in [0.25, 0.3) is 0 Å². The smallest absolute Gasteiger partial charge is 0.138 e. The van der Waals surface area contributed by atoms with Crippen LogP contribution in [0.15, 0.2) is 30.3 Å². The zero-order valence-corrected chi connectivity index (χ0v) is 16.5. The molecule has 2 aromatic rings. The highest BCUT2D eigenvalue weighted by Crippen LogP contribution is 2.29. The first-order valence-electron chi connectivity index (χ1n) is 9.13. The second-order valence-corrected chi connectivity index (χ2v) is 7.60. The molecule has 0 spiro atoms. The van der Waals surface area contributed by atoms with Crippen LogP contribution in [0.25, 0.3) is 0 Å². The summed E-state index contributed by atoms with van der Waals surface area (Å²) in [5.41, 5.74) is 1.46. The van der Waals surface area contributed by atoms with Crippen LogP contribution < -0.4 is 4.90 Å². The number of rotatable bonds is 6. The van der Waals surface area contributed by atoms with Crippen LogP contribution in [0.2, 0.25) is 5.15 Å². The lowest BCUT2D eigenvalue weighted by atomic mass is 10.0. The number of β-amino-alcohol motifs (C(OH)–C–C–N with tert-alkyl or cyclic N) is 1. The molecule has 1 fully saturated rings. The summed E-state index contributed by atoms with van der Waals surface area (Å²) in [6.45, 7) is 6.83. The minimum Gasteiger partial charge on any atom is -0.387 e. The fraction of sp³-hybridized carbons (Fsp3) is 0.500. The second-order valence-electron chi connectivity index (χ2n) is 7.24. The molecule has 1 aliphatic heterocycles. The molecule has 26 heavy (non-hydrogen) atoms. The minimum absolute atomic E-state index is 0.506. The van der Waals surface area contributed by atoms with Crippen LogP contribution in [0.1, 0.15) is 30.3 Å². The van der Waals surface area contributed by atoms with Crippen molar-refractivity contribution in [2.75, 3.05) is 31.6 Å². The number of likely N-dealkylation sites (tertiary alicyclic amines) is 1. The normalized spacial score (nSPS) is 20.5. The molecule has 2 heterocycles. The van der Waals surface area contributed by atoms with E-state index in [-0.39, 0.29) is 0 Å². The monoisotopic (exact) mass is 374 g/mol. The maximum atomic E-state index is 11.1. The van der Waals surface area contributed by atoms with E-state index in [2.05, 4.69) is 39.1 Å². The number of aryl methyl sites for hydroxylation is 1. The maximum absolute atomic E-state index is 11.1. The molecule has 5 nitrogen and oxygen atoms in total. The summed E-state index contributed by atoms with van der Waals surface area (Å²) in [5.74, 6) is 1.47. The molecular formula is C20H27ClN4O. The lowest BCUT2D eigenvalue weighted by Gasteiger charge is -2.31. The van der Waals surface area contributed by atoms with Gasteiger partial charge in [-0.1, -0.05) is 48.9 Å². The molecule has 0 saturated carbocycles. The van der Waals surface area contributed by atoms with E-state index in [1.807, 2.05) is 31.9 Å². The van der Waals surface area contributed by atoms with Gasteiger partial charge in [0.2, 0.25) is 0 Å². The molecule has 1 N–H and O–H groups in total. The van der Waals surface area contributed by atoms with Gasteiger partial charge in [-0.3, -0.25) is 4.90 Å². The minimum atomic E-state index is -0.750. The number of benzene rings is 1. The van der Waals surface area contributed by atoms with Crippen molar-refractivity contribution in [2.24, 2.45) is 0 Å². The molecule has 0 amide bonds. The van der Waals surface area contributed by atoms with E-state index in [0.717, 1.165) is 37.3 Å². The van der Waals surface area contributed by atoms with Gasteiger partial charge in [0.05, 0.1) is 5.60 Å². The Bertz CT molecular complexity index is 755. The van der Waals surface area contributed by atoms with Gasteiger partial charge >= 0.3 is 0 Å². The summed E-state index contributed by atoms with van der Waals surface area (Å²) in [6.07, 6.45) is 1.51. The predicted octanol–water partition coefficient (Wildman–Crippen LogP) is 3.07. The largest absolute Gasteiger partial charge is 0.387 e. The van der Waals surface area contributed by atoms with Crippen LogP contribution in [0.3, 0.4) is 0 Å². The molecule has 140 valence electrons. The second kappa shape index (κ2) is 7.91. The number of hydrogen-bond acceptors (Lipinski definition) is 5. The van der Waals surface area contributed by atoms with Crippen LogP contribution in [-0.2, 0) is 13.0 Å². The summed E-state index contributed by atoms with van der Waals surface area (Å²) in [6, 6.07) is 10.4. The highest BCUT2D eigenvalue weighted by Gasteiger charge is 2.37. The average Bonchev–Trinajstić information content (AvgIpc) is 2.95. The predicted molar refractivity (Wildman–Crippen MR) is 106 cm³/mol. The van der Waals surface area contributed by atoms with Crippen molar-refractivity contribution in [1.29, 1.82) is 0 Å². The zero-order chi connectivity index (χ0) is 18.7. The summed E-state index contributed by atoms with van der Waals surface area (Å²) >= 11 is 6.30. The van der Waals surface area contributed by atoms with Gasteiger partial charge in [0.15, 0.2) is 0 Å². The van der Waals surface area contributed by atoms with Gasteiger partial charge in [-0.15, -0.1) is 0 Å². The first-order valence-corrected chi connectivity index (χ1v) is 9.51. The van der Waals surface area contributed by atoms with E-state index in [1.165, 1.54) is 5.56 Å². The van der Waals surface area contributed by atoms with Crippen LogP contribution >= 0.6 is 11.6 Å². The number of likely N-dealkylation sites (N-methyl/N-ethyl adjacent to an activating group) is 1. The molecule has 1 aliphatic rings. The van der Waals surface area contributed by atoms with Crippen molar-refractivity contribution < 1.29 is 5.11 Å². The standard InChI is InChI=1S/C20H27ClN4O/c1-4-17-18(21)22-15(2)23-19(17)24(3)13-20(26)10-11-25(14-20)12-16-8-6-5-7-9-16/h5-9,26H,4,10-14H2,1-3H3. The van der Waals surface area contributed by atoms with Gasteiger partial charge in [-0.2, -0.15) is 0 Å². The van der Waals surface area contributed by atoms with Crippen LogP contribution in [0, 0.1) is 6.92 Å². The van der Waals surface area contributed by atoms with Gasteiger partial charge in [0, 0.05) is 38.8 Å². The third-order valence-electron chi connectivity index (χ3n) is 4.95. The molecular weight excluding hydrogens is 348 g/mol. The molecule has 1 unspecified atom stereocenters. The number of aromatic nitrogens is 2. The molecule has 1 saturated heterocycles. The van der Waals surface area contributed by atoms with E-state index in [0.29, 0.717) is 24.1 Å². The van der Waals surface area contributed by atoms with Crippen molar-refractivity contribution >= 4 is 17.4 Å². The summed E-state index contributed by atoms with van der Waals surface area (Å²) in [5, 5.41) is 11.6. The SMILES string of the molecule is CCc1c(Cl)nc(C)nc1N(C)CC1(O)CCN(Cc2ccccc2)C1. The molecule has 0 radical (unpaired) electrons. The first-order chi connectivity index (χ1) is 12.4. The Morgan fingerprint density at radius 3 is 2.69 bits per heavy atom. The molecule has 6 heteroatoms. The average molecular weight is 375 g/mol. The Balaban J connectivity index is 1.69. The van der Waals surface area contributed by atoms with Gasteiger partial charge < -0.3 is 10.0 Å². The van der Waals surface area contributed by atoms with Gasteiger partial charge in [-0.05, 0) is 25.3 Å². The molecule has 1 aromatic carbocycles. The Morgan fingerprint density at radius 2 is 2.00 bits per heavy atom. The van der Waals surface area contributed by atoms with Crippen molar-refractivity contribution in [3.05, 3.63) is 52.4 Å². The van der Waals surface area contributed by atoms with Crippen molar-refractivity contribution in [2.45, 2.75) is 38.8 Å². The quantitative estimate of drug-likeness (QED) is 0.787.